The zero-order valence-corrected chi connectivity index (χ0v) is 14.5. The van der Waals surface area contributed by atoms with Crippen molar-refractivity contribution in [3.63, 3.8) is 0 Å². The second-order valence-electron chi connectivity index (χ2n) is 6.12. The van der Waals surface area contributed by atoms with Crippen LogP contribution in [0.15, 0.2) is 59.1 Å². The molecule has 23 heavy (non-hydrogen) atoms. The summed E-state index contributed by atoms with van der Waals surface area (Å²) in [4.78, 5) is 25.0. The lowest BCUT2D eigenvalue weighted by atomic mass is 9.80. The highest BCUT2D eigenvalue weighted by Gasteiger charge is 2.34. The number of Topliss-reactive ketones (excluding diaryl/α,β-unsaturated/α-hetero) is 2. The van der Waals surface area contributed by atoms with E-state index in [1.807, 2.05) is 54.6 Å². The molecule has 0 spiro atoms. The van der Waals surface area contributed by atoms with Crippen molar-refractivity contribution in [1.29, 1.82) is 0 Å². The Labute approximate surface area is 145 Å². The molecule has 2 aromatic rings. The van der Waals surface area contributed by atoms with E-state index in [1.54, 1.807) is 0 Å². The third-order valence-electron chi connectivity index (χ3n) is 4.62. The summed E-state index contributed by atoms with van der Waals surface area (Å²) < 4.78 is 0.900. The summed E-state index contributed by atoms with van der Waals surface area (Å²) >= 11 is 3.41. The van der Waals surface area contributed by atoms with Crippen LogP contribution in [0.1, 0.15) is 47.5 Å². The molecular weight excluding hydrogens is 352 g/mol. The van der Waals surface area contributed by atoms with Crippen molar-refractivity contribution in [2.45, 2.75) is 31.6 Å². The standard InChI is InChI=1S/C20H19BrO2/c21-16-9-4-8-15(12-16)20(23)13-18(14-6-2-1-3-7-14)17-10-5-11-19(17)22/h1-4,6-9,12,17-18H,5,10-11,13H2/t17-,18-/m0/s1. The van der Waals surface area contributed by atoms with Gasteiger partial charge in [0.2, 0.25) is 0 Å². The van der Waals surface area contributed by atoms with E-state index < -0.39 is 0 Å². The first-order valence-electron chi connectivity index (χ1n) is 8.01. The SMILES string of the molecule is O=C(C[C@@H](c1ccccc1)[C@@H]1CCCC1=O)c1cccc(Br)c1. The molecule has 0 radical (unpaired) electrons. The number of hydrogen-bond donors (Lipinski definition) is 0. The molecule has 3 heteroatoms. The van der Waals surface area contributed by atoms with Crippen LogP contribution in [-0.2, 0) is 4.79 Å². The zero-order valence-electron chi connectivity index (χ0n) is 12.9. The van der Waals surface area contributed by atoms with Gasteiger partial charge < -0.3 is 0 Å². The van der Waals surface area contributed by atoms with Crippen molar-refractivity contribution in [1.82, 2.24) is 0 Å². The third-order valence-corrected chi connectivity index (χ3v) is 5.11. The molecule has 1 saturated carbocycles. The molecule has 118 valence electrons. The van der Waals surface area contributed by atoms with Crippen LogP contribution in [0.2, 0.25) is 0 Å². The van der Waals surface area contributed by atoms with Gasteiger partial charge in [-0.15, -0.1) is 0 Å². The average molecular weight is 371 g/mol. The average Bonchev–Trinajstić information content (AvgIpc) is 2.99. The molecule has 0 saturated heterocycles. The molecule has 3 rings (SSSR count). The van der Waals surface area contributed by atoms with Gasteiger partial charge in [-0.05, 0) is 30.5 Å². The van der Waals surface area contributed by atoms with Crippen LogP contribution in [0.25, 0.3) is 0 Å². The predicted octanol–water partition coefficient (Wildman–Crippen LogP) is 5.17. The molecule has 2 atom stereocenters. The Kier molecular flexibility index (Phi) is 5.06. The largest absolute Gasteiger partial charge is 0.299 e. The molecule has 1 aliphatic rings. The quantitative estimate of drug-likeness (QED) is 0.679. The summed E-state index contributed by atoms with van der Waals surface area (Å²) in [5.41, 5.74) is 1.79. The number of carbonyl (C=O) groups is 2. The van der Waals surface area contributed by atoms with Crippen LogP contribution in [-0.4, -0.2) is 11.6 Å². The first-order chi connectivity index (χ1) is 11.1. The van der Waals surface area contributed by atoms with E-state index in [4.69, 9.17) is 0 Å². The van der Waals surface area contributed by atoms with Crippen LogP contribution in [0, 0.1) is 5.92 Å². The van der Waals surface area contributed by atoms with Gasteiger partial charge in [0.05, 0.1) is 0 Å². The lowest BCUT2D eigenvalue weighted by Gasteiger charge is -2.22. The summed E-state index contributed by atoms with van der Waals surface area (Å²) in [6.45, 7) is 0. The minimum Gasteiger partial charge on any atom is -0.299 e. The Morgan fingerprint density at radius 2 is 1.91 bits per heavy atom. The van der Waals surface area contributed by atoms with Gasteiger partial charge in [-0.1, -0.05) is 58.4 Å². The maximum absolute atomic E-state index is 12.7. The Bertz CT molecular complexity index is 709. The highest BCUT2D eigenvalue weighted by molar-refractivity contribution is 9.10. The topological polar surface area (TPSA) is 34.1 Å². The summed E-state index contributed by atoms with van der Waals surface area (Å²) in [6, 6.07) is 17.5. The van der Waals surface area contributed by atoms with Crippen molar-refractivity contribution in [2.24, 2.45) is 5.92 Å². The van der Waals surface area contributed by atoms with Crippen LogP contribution >= 0.6 is 15.9 Å². The summed E-state index contributed by atoms with van der Waals surface area (Å²) in [6.07, 6.45) is 2.87. The normalized spacial score (nSPS) is 18.8. The van der Waals surface area contributed by atoms with Crippen molar-refractivity contribution in [3.05, 3.63) is 70.2 Å². The van der Waals surface area contributed by atoms with Crippen molar-refractivity contribution in [3.8, 4) is 0 Å². The monoisotopic (exact) mass is 370 g/mol. The lowest BCUT2D eigenvalue weighted by molar-refractivity contribution is -0.121. The molecule has 2 nitrogen and oxygen atoms in total. The van der Waals surface area contributed by atoms with E-state index in [-0.39, 0.29) is 17.6 Å². The molecule has 0 unspecified atom stereocenters. The van der Waals surface area contributed by atoms with Crippen molar-refractivity contribution in [2.75, 3.05) is 0 Å². The predicted molar refractivity (Wildman–Crippen MR) is 94.6 cm³/mol. The Hall–Kier alpha value is -1.74. The fourth-order valence-corrected chi connectivity index (χ4v) is 3.84. The van der Waals surface area contributed by atoms with Gasteiger partial charge in [-0.2, -0.15) is 0 Å². The van der Waals surface area contributed by atoms with Crippen LogP contribution in [0.3, 0.4) is 0 Å². The molecule has 1 fully saturated rings. The molecule has 1 aliphatic carbocycles. The van der Waals surface area contributed by atoms with Crippen LogP contribution in [0.4, 0.5) is 0 Å². The number of halogens is 1. The van der Waals surface area contributed by atoms with E-state index in [2.05, 4.69) is 15.9 Å². The zero-order chi connectivity index (χ0) is 16.2. The number of benzene rings is 2. The molecular formula is C20H19BrO2. The highest BCUT2D eigenvalue weighted by atomic mass is 79.9. The van der Waals surface area contributed by atoms with Gasteiger partial charge in [-0.25, -0.2) is 0 Å². The Balaban J connectivity index is 1.87. The summed E-state index contributed by atoms with van der Waals surface area (Å²) in [5.74, 6) is 0.368. The van der Waals surface area contributed by atoms with Gasteiger partial charge in [0, 0.05) is 34.7 Å². The fourth-order valence-electron chi connectivity index (χ4n) is 3.44. The Morgan fingerprint density at radius 1 is 1.13 bits per heavy atom. The smallest absolute Gasteiger partial charge is 0.163 e. The first kappa shape index (κ1) is 16.1. The molecule has 0 aliphatic heterocycles. The molecule has 0 N–H and O–H groups in total. The minimum absolute atomic E-state index is 0.0160. The summed E-state index contributed by atoms with van der Waals surface area (Å²) in [5, 5.41) is 0. The number of ketones is 2. The molecule has 2 aromatic carbocycles. The fraction of sp³-hybridized carbons (Fsp3) is 0.300. The van der Waals surface area contributed by atoms with E-state index in [9.17, 15) is 9.59 Å². The van der Waals surface area contributed by atoms with Crippen LogP contribution in [0.5, 0.6) is 0 Å². The molecule has 0 bridgehead atoms. The lowest BCUT2D eigenvalue weighted by Crippen LogP contribution is -2.20. The maximum Gasteiger partial charge on any atom is 0.163 e. The van der Waals surface area contributed by atoms with E-state index in [0.717, 1.165) is 22.9 Å². The first-order valence-corrected chi connectivity index (χ1v) is 8.81. The van der Waals surface area contributed by atoms with Crippen LogP contribution < -0.4 is 0 Å². The minimum atomic E-state index is -0.0199. The van der Waals surface area contributed by atoms with E-state index >= 15 is 0 Å². The molecule has 0 heterocycles. The third kappa shape index (κ3) is 3.78. The number of rotatable bonds is 5. The van der Waals surface area contributed by atoms with E-state index in [1.165, 1.54) is 0 Å². The van der Waals surface area contributed by atoms with Crippen molar-refractivity contribution < 1.29 is 9.59 Å². The van der Waals surface area contributed by atoms with Gasteiger partial charge in [0.1, 0.15) is 5.78 Å². The maximum atomic E-state index is 12.7. The number of hydrogen-bond acceptors (Lipinski definition) is 2. The van der Waals surface area contributed by atoms with E-state index in [0.29, 0.717) is 24.2 Å². The second-order valence-corrected chi connectivity index (χ2v) is 7.04. The number of carbonyl (C=O) groups excluding carboxylic acids is 2. The van der Waals surface area contributed by atoms with Crippen molar-refractivity contribution >= 4 is 27.5 Å². The van der Waals surface area contributed by atoms with Gasteiger partial charge in [0.15, 0.2) is 5.78 Å². The molecule has 0 aromatic heterocycles. The van der Waals surface area contributed by atoms with Gasteiger partial charge >= 0.3 is 0 Å². The van der Waals surface area contributed by atoms with Gasteiger partial charge in [0.25, 0.3) is 0 Å². The van der Waals surface area contributed by atoms with Gasteiger partial charge in [-0.3, -0.25) is 9.59 Å². The molecule has 0 amide bonds. The second kappa shape index (κ2) is 7.22. The summed E-state index contributed by atoms with van der Waals surface area (Å²) in [7, 11) is 0. The highest BCUT2D eigenvalue weighted by Crippen LogP contribution is 2.38. The Morgan fingerprint density at radius 3 is 2.57 bits per heavy atom.